The highest BCUT2D eigenvalue weighted by molar-refractivity contribution is 6.32. The van der Waals surface area contributed by atoms with Gasteiger partial charge < -0.3 is 20.4 Å². The molecule has 3 aliphatic rings. The Kier molecular flexibility index (Phi) is 5.89. The van der Waals surface area contributed by atoms with Gasteiger partial charge in [0.25, 0.3) is 0 Å². The van der Waals surface area contributed by atoms with Crippen LogP contribution in [0.4, 0.5) is 17.6 Å². The molecule has 2 aromatic heterocycles. The van der Waals surface area contributed by atoms with Crippen molar-refractivity contribution in [2.75, 3.05) is 54.4 Å². The van der Waals surface area contributed by atoms with Crippen LogP contribution in [0.3, 0.4) is 0 Å². The number of hydrogen-bond acceptors (Lipinski definition) is 8. The summed E-state index contributed by atoms with van der Waals surface area (Å²) in [5, 5.41) is 7.42. The Labute approximate surface area is 211 Å². The Balaban J connectivity index is 1.37. The summed E-state index contributed by atoms with van der Waals surface area (Å²) in [7, 11) is 0. The van der Waals surface area contributed by atoms with Gasteiger partial charge >= 0.3 is 0 Å². The minimum absolute atomic E-state index is 0.145. The topological polar surface area (TPSA) is 82.1 Å². The summed E-state index contributed by atoms with van der Waals surface area (Å²) in [6.07, 6.45) is 4.40. The van der Waals surface area contributed by atoms with Crippen LogP contribution >= 0.6 is 11.6 Å². The molecule has 0 unspecified atom stereocenters. The minimum atomic E-state index is -0.145. The van der Waals surface area contributed by atoms with Gasteiger partial charge in [0.05, 0.1) is 5.54 Å². The van der Waals surface area contributed by atoms with Gasteiger partial charge in [0.2, 0.25) is 5.95 Å². The molecule has 3 fully saturated rings. The monoisotopic (exact) mass is 492 g/mol. The van der Waals surface area contributed by atoms with Crippen LogP contribution in [-0.4, -0.2) is 59.2 Å². The standard InChI is InChI=1S/C26H33ClN8/c1-17(2)18-5-7-19(8-6-18)26(9-10-26)33-23-21(27)29-20-22(30-23)31-25(35-15-11-28-12-16-35)32-24(20)34-13-3-4-14-34/h5-8,17,28H,3-4,9-16H2,1-2H3,(H,30,31,32,33). The average molecular weight is 493 g/mol. The van der Waals surface area contributed by atoms with Gasteiger partial charge in [0.15, 0.2) is 28.0 Å². The maximum Gasteiger partial charge on any atom is 0.229 e. The van der Waals surface area contributed by atoms with Gasteiger partial charge in [-0.3, -0.25) is 0 Å². The Hall–Kier alpha value is -2.71. The van der Waals surface area contributed by atoms with Crippen LogP contribution in [0.1, 0.15) is 56.6 Å². The first kappa shape index (κ1) is 22.7. The van der Waals surface area contributed by atoms with E-state index in [2.05, 4.69) is 58.5 Å². The second kappa shape index (κ2) is 9.06. The summed E-state index contributed by atoms with van der Waals surface area (Å²) in [5.41, 5.74) is 3.76. The third-order valence-electron chi connectivity index (χ3n) is 7.50. The molecule has 0 bridgehead atoms. The predicted octanol–water partition coefficient (Wildman–Crippen LogP) is 4.31. The summed E-state index contributed by atoms with van der Waals surface area (Å²) in [5.74, 6) is 2.70. The van der Waals surface area contributed by atoms with Crippen molar-refractivity contribution >= 4 is 40.3 Å². The van der Waals surface area contributed by atoms with Crippen LogP contribution in [0.2, 0.25) is 5.15 Å². The molecule has 35 heavy (non-hydrogen) atoms. The fourth-order valence-electron chi connectivity index (χ4n) is 5.16. The lowest BCUT2D eigenvalue weighted by atomic mass is 9.98. The number of anilines is 3. The maximum atomic E-state index is 6.73. The van der Waals surface area contributed by atoms with Crippen molar-refractivity contribution in [1.82, 2.24) is 25.3 Å². The van der Waals surface area contributed by atoms with E-state index in [1.165, 1.54) is 11.1 Å². The molecule has 8 nitrogen and oxygen atoms in total. The molecule has 3 aromatic rings. The number of piperazine rings is 1. The van der Waals surface area contributed by atoms with Gasteiger partial charge in [0.1, 0.15) is 0 Å². The summed E-state index contributed by atoms with van der Waals surface area (Å²) in [6, 6.07) is 8.91. The van der Waals surface area contributed by atoms with Crippen molar-refractivity contribution in [3.05, 3.63) is 40.5 Å². The minimum Gasteiger partial charge on any atom is -0.358 e. The molecule has 9 heteroatoms. The van der Waals surface area contributed by atoms with E-state index in [1.807, 2.05) is 0 Å². The third kappa shape index (κ3) is 4.38. The van der Waals surface area contributed by atoms with E-state index >= 15 is 0 Å². The van der Waals surface area contributed by atoms with Gasteiger partial charge in [-0.15, -0.1) is 0 Å². The first-order chi connectivity index (χ1) is 17.0. The van der Waals surface area contributed by atoms with Crippen LogP contribution in [0, 0.1) is 0 Å². The summed E-state index contributed by atoms with van der Waals surface area (Å²) < 4.78 is 0. The summed E-state index contributed by atoms with van der Waals surface area (Å²) in [4.78, 5) is 24.1. The first-order valence-corrected chi connectivity index (χ1v) is 13.2. The van der Waals surface area contributed by atoms with Crippen molar-refractivity contribution < 1.29 is 0 Å². The molecule has 0 spiro atoms. The van der Waals surface area contributed by atoms with Crippen LogP contribution < -0.4 is 20.4 Å². The third-order valence-corrected chi connectivity index (χ3v) is 7.77. The lowest BCUT2D eigenvalue weighted by molar-refractivity contribution is 0.580. The van der Waals surface area contributed by atoms with Crippen molar-refractivity contribution in [3.8, 4) is 0 Å². The fourth-order valence-corrected chi connectivity index (χ4v) is 5.34. The smallest absolute Gasteiger partial charge is 0.229 e. The Morgan fingerprint density at radius 1 is 0.914 bits per heavy atom. The molecule has 4 heterocycles. The van der Waals surface area contributed by atoms with E-state index < -0.39 is 0 Å². The molecule has 1 aromatic carbocycles. The first-order valence-electron chi connectivity index (χ1n) is 12.9. The molecule has 2 aliphatic heterocycles. The van der Waals surface area contributed by atoms with E-state index in [0.717, 1.165) is 76.7 Å². The molecule has 6 rings (SSSR count). The SMILES string of the molecule is CC(C)c1ccc(C2(Nc3nc4nc(N5CCNCC5)nc(N5CCCC5)c4nc3Cl)CC2)cc1. The Bertz CT molecular complexity index is 1210. The van der Waals surface area contributed by atoms with Crippen molar-refractivity contribution in [1.29, 1.82) is 0 Å². The average Bonchev–Trinajstić information content (AvgIpc) is 3.45. The fraction of sp³-hybridized carbons (Fsp3) is 0.538. The normalized spacial score (nSPS) is 19.5. The summed E-state index contributed by atoms with van der Waals surface area (Å²) in [6.45, 7) is 10.0. The highest BCUT2D eigenvalue weighted by atomic mass is 35.5. The van der Waals surface area contributed by atoms with E-state index in [-0.39, 0.29) is 5.54 Å². The van der Waals surface area contributed by atoms with Crippen molar-refractivity contribution in [3.63, 3.8) is 0 Å². The Morgan fingerprint density at radius 2 is 1.63 bits per heavy atom. The van der Waals surface area contributed by atoms with Gasteiger partial charge in [-0.25, -0.2) is 9.97 Å². The lowest BCUT2D eigenvalue weighted by Crippen LogP contribution is -2.44. The zero-order valence-corrected chi connectivity index (χ0v) is 21.3. The van der Waals surface area contributed by atoms with Gasteiger partial charge in [-0.1, -0.05) is 49.7 Å². The number of fused-ring (bicyclic) bond motifs is 1. The zero-order valence-electron chi connectivity index (χ0n) is 20.5. The lowest BCUT2D eigenvalue weighted by Gasteiger charge is -2.28. The number of rotatable bonds is 6. The quantitative estimate of drug-likeness (QED) is 0.527. The predicted molar refractivity (Wildman–Crippen MR) is 142 cm³/mol. The number of aromatic nitrogens is 4. The van der Waals surface area contributed by atoms with E-state index in [0.29, 0.717) is 28.1 Å². The molecule has 0 atom stereocenters. The number of nitrogens with zero attached hydrogens (tertiary/aromatic N) is 6. The maximum absolute atomic E-state index is 6.73. The van der Waals surface area contributed by atoms with Gasteiger partial charge in [-0.2, -0.15) is 9.97 Å². The van der Waals surface area contributed by atoms with Crippen LogP contribution in [0.5, 0.6) is 0 Å². The van der Waals surface area contributed by atoms with Crippen LogP contribution in [0.15, 0.2) is 24.3 Å². The van der Waals surface area contributed by atoms with Gasteiger partial charge in [0, 0.05) is 39.3 Å². The highest BCUT2D eigenvalue weighted by Crippen LogP contribution is 2.49. The highest BCUT2D eigenvalue weighted by Gasteiger charge is 2.45. The second-order valence-electron chi connectivity index (χ2n) is 10.3. The molecule has 1 aliphatic carbocycles. The molecule has 184 valence electrons. The second-order valence-corrected chi connectivity index (χ2v) is 10.7. The molecule has 2 N–H and O–H groups in total. The number of halogens is 1. The largest absolute Gasteiger partial charge is 0.358 e. The van der Waals surface area contributed by atoms with E-state index in [9.17, 15) is 0 Å². The van der Waals surface area contributed by atoms with Crippen LogP contribution in [-0.2, 0) is 5.54 Å². The Morgan fingerprint density at radius 3 is 2.29 bits per heavy atom. The molecule has 1 saturated carbocycles. The molecular formula is C26H33ClN8. The number of hydrogen-bond donors (Lipinski definition) is 2. The number of benzene rings is 1. The molecule has 2 saturated heterocycles. The van der Waals surface area contributed by atoms with E-state index in [1.54, 1.807) is 0 Å². The zero-order chi connectivity index (χ0) is 24.0. The van der Waals surface area contributed by atoms with E-state index in [4.69, 9.17) is 31.5 Å². The molecular weight excluding hydrogens is 460 g/mol. The molecule has 0 radical (unpaired) electrons. The summed E-state index contributed by atoms with van der Waals surface area (Å²) >= 11 is 6.73. The van der Waals surface area contributed by atoms with Crippen LogP contribution in [0.25, 0.3) is 11.2 Å². The molecule has 0 amide bonds. The van der Waals surface area contributed by atoms with Crippen molar-refractivity contribution in [2.24, 2.45) is 0 Å². The van der Waals surface area contributed by atoms with Gasteiger partial charge in [-0.05, 0) is 42.7 Å². The number of nitrogens with one attached hydrogen (secondary N) is 2. The van der Waals surface area contributed by atoms with Crippen molar-refractivity contribution in [2.45, 2.75) is 51.0 Å².